The number of alkyl halides is 6. The maximum Gasteiger partial charge on any atom is 0.418 e. The molecule has 6 rings (SSSR count). The summed E-state index contributed by atoms with van der Waals surface area (Å²) in [5.41, 5.74) is -1.22. The molecule has 0 atom stereocenters. The lowest BCUT2D eigenvalue weighted by Crippen LogP contribution is -2.47. The fraction of sp³-hybridized carbons (Fsp3) is 0.324. The Hall–Kier alpha value is -5.87. The predicted molar refractivity (Wildman–Crippen MR) is 189 cm³/mol. The first-order valence-electron chi connectivity index (χ1n) is 16.9. The molecule has 0 radical (unpaired) electrons. The second-order valence-corrected chi connectivity index (χ2v) is 12.7. The van der Waals surface area contributed by atoms with Crippen LogP contribution in [0.1, 0.15) is 39.9 Å². The Morgan fingerprint density at radius 2 is 1.48 bits per heavy atom. The number of non-ortho nitro benzene ring substituents is 1. The van der Waals surface area contributed by atoms with Gasteiger partial charge in [-0.1, -0.05) is 18.2 Å². The van der Waals surface area contributed by atoms with Gasteiger partial charge in [-0.15, -0.1) is 0 Å². The number of hydrogen-bond donors (Lipinski definition) is 2. The van der Waals surface area contributed by atoms with E-state index in [1.54, 1.807) is 34.1 Å². The number of anilines is 4. The van der Waals surface area contributed by atoms with Gasteiger partial charge in [0.2, 0.25) is 0 Å². The largest absolute Gasteiger partial charge is 0.493 e. The van der Waals surface area contributed by atoms with Crippen molar-refractivity contribution in [2.45, 2.75) is 31.7 Å². The smallest absolute Gasteiger partial charge is 0.418 e. The van der Waals surface area contributed by atoms with E-state index in [0.29, 0.717) is 30.0 Å². The highest BCUT2D eigenvalue weighted by Gasteiger charge is 2.38. The molecule has 11 nitrogen and oxygen atoms in total. The van der Waals surface area contributed by atoms with Gasteiger partial charge >= 0.3 is 18.3 Å². The predicted octanol–water partition coefficient (Wildman–Crippen LogP) is 8.67. The van der Waals surface area contributed by atoms with Crippen LogP contribution in [0.3, 0.4) is 0 Å². The molecule has 4 aromatic rings. The number of halogens is 6. The summed E-state index contributed by atoms with van der Waals surface area (Å²) in [7, 11) is 1.35. The Bertz CT molecular complexity index is 2030. The van der Waals surface area contributed by atoms with Gasteiger partial charge in [0.15, 0.2) is 11.5 Å². The van der Waals surface area contributed by atoms with E-state index in [9.17, 15) is 46.4 Å². The Morgan fingerprint density at radius 1 is 0.815 bits per heavy atom. The number of nitro benzene ring substituents is 1. The summed E-state index contributed by atoms with van der Waals surface area (Å²) in [5, 5.41) is 24.2. The standard InChI is InChI=1S/C37H35F6N5O6/c1-53-33-9-4-6-23(34(33)54-32-11-10-26(48(51)52)19-27(32)35(49)50)22-44-29-20-28(37(41,42)43)30(21-31(29)46-12-2-3-13-46)47-16-14-45(15-17-47)25-8-5-7-24(18-25)36(38,39)40/h4-11,18-21,44H,2-3,12-17,22H2,1H3,(H,49,50). The van der Waals surface area contributed by atoms with Crippen molar-refractivity contribution in [3.05, 3.63) is 105 Å². The molecule has 0 unspecified atom stereocenters. The lowest BCUT2D eigenvalue weighted by atomic mass is 10.1. The number of hydrogen-bond acceptors (Lipinski definition) is 9. The highest BCUT2D eigenvalue weighted by atomic mass is 19.4. The fourth-order valence-corrected chi connectivity index (χ4v) is 6.68. The fourth-order valence-electron chi connectivity index (χ4n) is 6.68. The quantitative estimate of drug-likeness (QED) is 0.0874. The van der Waals surface area contributed by atoms with Gasteiger partial charge in [0.1, 0.15) is 11.3 Å². The van der Waals surface area contributed by atoms with Gasteiger partial charge in [-0.2, -0.15) is 26.3 Å². The van der Waals surface area contributed by atoms with E-state index in [1.165, 1.54) is 19.2 Å². The third-order valence-corrected chi connectivity index (χ3v) is 9.39. The van der Waals surface area contributed by atoms with E-state index < -0.39 is 45.6 Å². The number of para-hydroxylation sites is 1. The summed E-state index contributed by atoms with van der Waals surface area (Å²) in [6, 6.07) is 15.3. The Labute approximate surface area is 305 Å². The van der Waals surface area contributed by atoms with Crippen LogP contribution in [-0.4, -0.2) is 62.4 Å². The minimum absolute atomic E-state index is 0.0385. The topological polar surface area (TPSA) is 121 Å². The van der Waals surface area contributed by atoms with Crippen LogP contribution in [0.4, 0.5) is 54.8 Å². The van der Waals surface area contributed by atoms with Crippen molar-refractivity contribution in [3.8, 4) is 17.2 Å². The molecule has 2 saturated heterocycles. The molecule has 17 heteroatoms. The monoisotopic (exact) mass is 759 g/mol. The number of aromatic carboxylic acids is 1. The highest BCUT2D eigenvalue weighted by molar-refractivity contribution is 5.92. The molecule has 4 aromatic carbocycles. The summed E-state index contributed by atoms with van der Waals surface area (Å²) in [4.78, 5) is 27.8. The maximum absolute atomic E-state index is 14.8. The zero-order valence-electron chi connectivity index (χ0n) is 28.8. The summed E-state index contributed by atoms with van der Waals surface area (Å²) < 4.78 is 96.0. The van der Waals surface area contributed by atoms with Crippen molar-refractivity contribution in [1.82, 2.24) is 0 Å². The van der Waals surface area contributed by atoms with Crippen molar-refractivity contribution in [3.63, 3.8) is 0 Å². The number of carbonyl (C=O) groups is 1. The number of methoxy groups -OCH3 is 1. The molecule has 0 aliphatic carbocycles. The molecule has 2 heterocycles. The Kier molecular flexibility index (Phi) is 10.7. The van der Waals surface area contributed by atoms with Crippen LogP contribution in [0.25, 0.3) is 0 Å². The molecule has 0 aromatic heterocycles. The van der Waals surface area contributed by atoms with Gasteiger partial charge in [-0.3, -0.25) is 10.1 Å². The summed E-state index contributed by atoms with van der Waals surface area (Å²) in [6.45, 7) is 1.80. The van der Waals surface area contributed by atoms with Gasteiger partial charge in [-0.25, -0.2) is 4.79 Å². The van der Waals surface area contributed by atoms with E-state index in [0.717, 1.165) is 49.2 Å². The molecule has 2 aliphatic rings. The van der Waals surface area contributed by atoms with E-state index in [2.05, 4.69) is 5.32 Å². The summed E-state index contributed by atoms with van der Waals surface area (Å²) in [6.07, 6.45) is -7.62. The number of carboxylic acids is 1. The molecule has 286 valence electrons. The van der Waals surface area contributed by atoms with Gasteiger partial charge in [0.25, 0.3) is 5.69 Å². The van der Waals surface area contributed by atoms with Crippen molar-refractivity contribution in [2.75, 3.05) is 66.4 Å². The zero-order chi connectivity index (χ0) is 38.8. The van der Waals surface area contributed by atoms with Crippen molar-refractivity contribution < 1.29 is 50.6 Å². The number of rotatable bonds is 11. The van der Waals surface area contributed by atoms with Gasteiger partial charge in [-0.05, 0) is 55.3 Å². The average molecular weight is 760 g/mol. The average Bonchev–Trinajstić information content (AvgIpc) is 3.68. The number of nitrogens with one attached hydrogen (secondary N) is 1. The first-order chi connectivity index (χ1) is 25.6. The van der Waals surface area contributed by atoms with E-state index >= 15 is 0 Å². The third-order valence-electron chi connectivity index (χ3n) is 9.39. The van der Waals surface area contributed by atoms with Gasteiger partial charge in [0.05, 0.1) is 40.2 Å². The van der Waals surface area contributed by atoms with Crippen LogP contribution < -0.4 is 29.5 Å². The van der Waals surface area contributed by atoms with Crippen LogP contribution in [0.2, 0.25) is 0 Å². The first-order valence-corrected chi connectivity index (χ1v) is 16.9. The minimum atomic E-state index is -4.76. The maximum atomic E-state index is 14.8. The Morgan fingerprint density at radius 3 is 2.11 bits per heavy atom. The number of piperazine rings is 1. The van der Waals surface area contributed by atoms with E-state index in [-0.39, 0.29) is 61.3 Å². The van der Waals surface area contributed by atoms with E-state index in [1.807, 2.05) is 4.90 Å². The minimum Gasteiger partial charge on any atom is -0.493 e. The molecule has 0 bridgehead atoms. The molecule has 0 amide bonds. The van der Waals surface area contributed by atoms with Crippen LogP contribution in [0, 0.1) is 10.1 Å². The molecule has 0 saturated carbocycles. The summed E-state index contributed by atoms with van der Waals surface area (Å²) in [5.74, 6) is -1.46. The molecule has 0 spiro atoms. The molecule has 2 fully saturated rings. The van der Waals surface area contributed by atoms with Crippen LogP contribution in [-0.2, 0) is 18.9 Å². The number of nitro groups is 1. The number of ether oxygens (including phenoxy) is 2. The lowest BCUT2D eigenvalue weighted by Gasteiger charge is -2.39. The number of benzene rings is 4. The van der Waals surface area contributed by atoms with Crippen LogP contribution >= 0.6 is 0 Å². The number of carboxylic acid groups (broad SMARTS) is 1. The molecule has 54 heavy (non-hydrogen) atoms. The van der Waals surface area contributed by atoms with Crippen molar-refractivity contribution >= 4 is 34.4 Å². The lowest BCUT2D eigenvalue weighted by molar-refractivity contribution is -0.384. The molecule has 2 N–H and O–H groups in total. The summed E-state index contributed by atoms with van der Waals surface area (Å²) >= 11 is 0. The van der Waals surface area contributed by atoms with Crippen LogP contribution in [0.5, 0.6) is 17.2 Å². The highest BCUT2D eigenvalue weighted by Crippen LogP contribution is 2.45. The third kappa shape index (κ3) is 8.19. The molecular formula is C37H35F6N5O6. The van der Waals surface area contributed by atoms with Crippen LogP contribution in [0.15, 0.2) is 72.8 Å². The normalized spacial score (nSPS) is 15.0. The SMILES string of the molecule is COc1cccc(CNc2cc(C(F)(F)F)c(N3CCN(c4cccc(C(F)(F)F)c4)CC3)cc2N2CCCC2)c1Oc1ccc([N+](=O)[O-])cc1C(=O)O. The Balaban J connectivity index is 1.31. The van der Waals surface area contributed by atoms with Crippen molar-refractivity contribution in [1.29, 1.82) is 0 Å². The molecule has 2 aliphatic heterocycles. The van der Waals surface area contributed by atoms with Crippen molar-refractivity contribution in [2.24, 2.45) is 0 Å². The van der Waals surface area contributed by atoms with Gasteiger partial charge in [0, 0.05) is 69.2 Å². The second-order valence-electron chi connectivity index (χ2n) is 12.7. The molecular weight excluding hydrogens is 724 g/mol. The number of nitrogens with zero attached hydrogens (tertiary/aromatic N) is 4. The first kappa shape index (κ1) is 37.9. The zero-order valence-corrected chi connectivity index (χ0v) is 28.8. The second kappa shape index (κ2) is 15.2. The van der Waals surface area contributed by atoms with Gasteiger partial charge < -0.3 is 34.6 Å². The van der Waals surface area contributed by atoms with E-state index in [4.69, 9.17) is 9.47 Å².